The highest BCUT2D eigenvalue weighted by atomic mass is 14.9. The van der Waals surface area contributed by atoms with Gasteiger partial charge in [0.05, 0.1) is 38.3 Å². The number of aromatic amines is 3. The van der Waals surface area contributed by atoms with Gasteiger partial charge in [-0.15, -0.1) is 0 Å². The predicted octanol–water partition coefficient (Wildman–Crippen LogP) is 4.40. The number of nitrogens with zero attached hydrogens (tertiary/aromatic N) is 6. The van der Waals surface area contributed by atoms with Crippen LogP contribution in [0.25, 0.3) is 0 Å². The molecule has 3 aromatic heterocycles. The maximum absolute atomic E-state index is 4.76. The molecule has 1 aromatic carbocycles. The summed E-state index contributed by atoms with van der Waals surface area (Å²) >= 11 is 0. The monoisotopic (exact) mass is 483 g/mol. The van der Waals surface area contributed by atoms with Gasteiger partial charge in [-0.3, -0.25) is 15.0 Å². The Labute approximate surface area is 211 Å². The van der Waals surface area contributed by atoms with Gasteiger partial charge in [-0.05, 0) is 52.6 Å². The van der Waals surface area contributed by atoms with E-state index in [1.807, 2.05) is 0 Å². The van der Waals surface area contributed by atoms with Crippen LogP contribution in [-0.2, 0) is 38.9 Å². The van der Waals surface area contributed by atoms with Gasteiger partial charge < -0.3 is 15.0 Å². The second-order valence-electron chi connectivity index (χ2n) is 8.26. The van der Waals surface area contributed by atoms with Crippen LogP contribution < -0.4 is 0 Å². The van der Waals surface area contributed by atoms with Crippen molar-refractivity contribution in [3.8, 4) is 0 Å². The molecule has 186 valence electrons. The molecule has 4 aromatic rings. The van der Waals surface area contributed by atoms with Crippen LogP contribution in [0.5, 0.6) is 0 Å². The fourth-order valence-electron chi connectivity index (χ4n) is 4.66. The van der Waals surface area contributed by atoms with E-state index < -0.39 is 0 Å². The molecular weight excluding hydrogens is 450 g/mol. The van der Waals surface area contributed by atoms with Gasteiger partial charge >= 0.3 is 0 Å². The van der Waals surface area contributed by atoms with Crippen LogP contribution >= 0.6 is 0 Å². The Balaban J connectivity index is 1.77. The molecule has 36 heavy (non-hydrogen) atoms. The lowest BCUT2D eigenvalue weighted by Gasteiger charge is -2.24. The predicted molar refractivity (Wildman–Crippen MR) is 144 cm³/mol. The highest BCUT2D eigenvalue weighted by Gasteiger charge is 2.20. The molecule has 0 spiro atoms. The minimum absolute atomic E-state index is 0.584. The van der Waals surface area contributed by atoms with Gasteiger partial charge in [-0.25, -0.2) is 15.0 Å². The number of hydrogen-bond acceptors (Lipinski definition) is 6. The maximum Gasteiger partial charge on any atom is 0.148 e. The van der Waals surface area contributed by atoms with Gasteiger partial charge in [0.2, 0.25) is 0 Å². The maximum atomic E-state index is 4.76. The Hall–Kier alpha value is -4.14. The van der Waals surface area contributed by atoms with Crippen LogP contribution in [0, 0.1) is 0 Å². The number of benzene rings is 1. The highest BCUT2D eigenvalue weighted by Crippen LogP contribution is 2.32. The van der Waals surface area contributed by atoms with Gasteiger partial charge in [0.15, 0.2) is 0 Å². The quantitative estimate of drug-likeness (QED) is 0.259. The molecule has 0 fully saturated rings. The first kappa shape index (κ1) is 25.0. The van der Waals surface area contributed by atoms with Crippen molar-refractivity contribution in [2.75, 3.05) is 0 Å². The molecule has 0 atom stereocenters. The lowest BCUT2D eigenvalue weighted by Crippen LogP contribution is -2.13. The van der Waals surface area contributed by atoms with Crippen molar-refractivity contribution in [3.05, 3.63) is 88.0 Å². The summed E-state index contributed by atoms with van der Waals surface area (Å²) < 4.78 is 0. The standard InChI is InChI=1S/C27H33N9/c1-4-19-22(13-28-16-25-31-7-8-32-25)20(5-2)24(15-30-18-27-35-11-12-36-27)21(6-3)23(19)14-29-17-26-33-9-10-34-26/h7-12,16-18H,4-6,13-15H2,1-3H3,(H,31,32)(H,33,34)(H,35,36). The van der Waals surface area contributed by atoms with E-state index in [1.54, 1.807) is 55.8 Å². The number of H-pyrrole nitrogens is 3. The summed E-state index contributed by atoms with van der Waals surface area (Å²) in [7, 11) is 0. The molecule has 0 aliphatic heterocycles. The van der Waals surface area contributed by atoms with Crippen LogP contribution in [0.2, 0.25) is 0 Å². The van der Waals surface area contributed by atoms with Crippen LogP contribution in [0.1, 0.15) is 71.6 Å². The Kier molecular flexibility index (Phi) is 8.69. The van der Waals surface area contributed by atoms with Crippen LogP contribution in [0.15, 0.2) is 52.2 Å². The zero-order valence-electron chi connectivity index (χ0n) is 21.1. The molecule has 0 radical (unpaired) electrons. The van der Waals surface area contributed by atoms with E-state index in [4.69, 9.17) is 15.0 Å². The summed E-state index contributed by atoms with van der Waals surface area (Å²) in [5.41, 5.74) is 7.80. The highest BCUT2D eigenvalue weighted by molar-refractivity contribution is 5.75. The van der Waals surface area contributed by atoms with Crippen molar-refractivity contribution in [3.63, 3.8) is 0 Å². The van der Waals surface area contributed by atoms with E-state index in [-0.39, 0.29) is 0 Å². The number of rotatable bonds is 12. The molecule has 0 aliphatic carbocycles. The molecule has 9 nitrogen and oxygen atoms in total. The third-order valence-electron chi connectivity index (χ3n) is 6.19. The van der Waals surface area contributed by atoms with Gasteiger partial charge in [-0.2, -0.15) is 0 Å². The van der Waals surface area contributed by atoms with Gasteiger partial charge in [0, 0.05) is 37.2 Å². The summed E-state index contributed by atoms with van der Waals surface area (Å²) in [5, 5.41) is 0. The topological polar surface area (TPSA) is 123 Å². The Bertz CT molecular complexity index is 1110. The summed E-state index contributed by atoms with van der Waals surface area (Å²) in [6, 6.07) is 0. The molecule has 0 bridgehead atoms. The fourth-order valence-corrected chi connectivity index (χ4v) is 4.66. The van der Waals surface area contributed by atoms with E-state index >= 15 is 0 Å². The lowest BCUT2D eigenvalue weighted by molar-refractivity contribution is 0.855. The smallest absolute Gasteiger partial charge is 0.148 e. The van der Waals surface area contributed by atoms with Crippen molar-refractivity contribution in [1.29, 1.82) is 0 Å². The number of nitrogens with one attached hydrogen (secondary N) is 3. The summed E-state index contributed by atoms with van der Waals surface area (Å²) in [4.78, 5) is 36.3. The zero-order valence-corrected chi connectivity index (χ0v) is 21.1. The Morgan fingerprint density at radius 2 is 0.833 bits per heavy atom. The molecule has 0 saturated carbocycles. The molecule has 9 heteroatoms. The number of aromatic nitrogens is 6. The van der Waals surface area contributed by atoms with Crippen molar-refractivity contribution in [2.45, 2.75) is 59.7 Å². The third kappa shape index (κ3) is 5.91. The first-order valence-electron chi connectivity index (χ1n) is 12.4. The summed E-state index contributed by atoms with van der Waals surface area (Å²) in [6.07, 6.45) is 18.7. The van der Waals surface area contributed by atoms with Gasteiger partial charge in [-0.1, -0.05) is 20.8 Å². The van der Waals surface area contributed by atoms with E-state index in [2.05, 4.69) is 50.7 Å². The molecule has 0 saturated heterocycles. The van der Waals surface area contributed by atoms with Crippen LogP contribution in [-0.4, -0.2) is 48.5 Å². The number of hydrogen-bond donors (Lipinski definition) is 3. The summed E-state index contributed by atoms with van der Waals surface area (Å²) in [5.74, 6) is 2.26. The van der Waals surface area contributed by atoms with E-state index in [1.165, 1.54) is 33.4 Å². The van der Waals surface area contributed by atoms with E-state index in [0.717, 1.165) is 36.7 Å². The normalized spacial score (nSPS) is 12.1. The number of aliphatic imine (C=N–C) groups is 3. The number of imidazole rings is 3. The largest absolute Gasteiger partial charge is 0.344 e. The lowest BCUT2D eigenvalue weighted by atomic mass is 9.83. The minimum Gasteiger partial charge on any atom is -0.344 e. The SMILES string of the molecule is CCc1c(CN=Cc2ncc[nH]2)c(CC)c(CN=Cc2ncc[nH]2)c(CC)c1CN=Cc1ncc[nH]1. The first-order chi connectivity index (χ1) is 17.7. The molecule has 0 amide bonds. The van der Waals surface area contributed by atoms with Crippen molar-refractivity contribution >= 4 is 18.6 Å². The first-order valence-corrected chi connectivity index (χ1v) is 12.4. The van der Waals surface area contributed by atoms with Gasteiger partial charge in [0.1, 0.15) is 17.5 Å². The summed E-state index contributed by atoms with van der Waals surface area (Å²) in [6.45, 7) is 8.38. The Morgan fingerprint density at radius 3 is 1.06 bits per heavy atom. The van der Waals surface area contributed by atoms with Crippen molar-refractivity contribution < 1.29 is 0 Å². The molecule has 0 aliphatic rings. The fraction of sp³-hybridized carbons (Fsp3) is 0.333. The minimum atomic E-state index is 0.584. The third-order valence-corrected chi connectivity index (χ3v) is 6.19. The van der Waals surface area contributed by atoms with Crippen molar-refractivity contribution in [2.24, 2.45) is 15.0 Å². The average Bonchev–Trinajstić information content (AvgIpc) is 3.68. The van der Waals surface area contributed by atoms with Crippen LogP contribution in [0.3, 0.4) is 0 Å². The second-order valence-corrected chi connectivity index (χ2v) is 8.26. The van der Waals surface area contributed by atoms with E-state index in [9.17, 15) is 0 Å². The average molecular weight is 484 g/mol. The van der Waals surface area contributed by atoms with Crippen LogP contribution in [0.4, 0.5) is 0 Å². The zero-order chi connectivity index (χ0) is 25.2. The Morgan fingerprint density at radius 1 is 0.528 bits per heavy atom. The molecule has 4 rings (SSSR count). The molecule has 0 unspecified atom stereocenters. The second kappa shape index (κ2) is 12.5. The van der Waals surface area contributed by atoms with E-state index in [0.29, 0.717) is 19.6 Å². The molecule has 3 heterocycles. The molecular formula is C27H33N9. The van der Waals surface area contributed by atoms with Gasteiger partial charge in [0.25, 0.3) is 0 Å². The molecule has 3 N–H and O–H groups in total. The van der Waals surface area contributed by atoms with Crippen molar-refractivity contribution in [1.82, 2.24) is 29.9 Å².